The lowest BCUT2D eigenvalue weighted by atomic mass is 9.92. The molecule has 1 aliphatic heterocycles. The predicted octanol–water partition coefficient (Wildman–Crippen LogP) is 2.13. The molecular formula is C21H23N3O4S2. The number of aryl methyl sites for hydroxylation is 2. The summed E-state index contributed by atoms with van der Waals surface area (Å²) < 4.78 is 54.7. The van der Waals surface area contributed by atoms with Crippen molar-refractivity contribution in [3.63, 3.8) is 0 Å². The van der Waals surface area contributed by atoms with Crippen molar-refractivity contribution in [3.8, 4) is 6.07 Å². The SMILES string of the molecule is N#Cc1ccccc1S(=O)(=O)N1CCN(S(=O)(=O)c2ccc3c(c2)CCCC3)CC1. The molecule has 0 bridgehead atoms. The van der Waals surface area contributed by atoms with Gasteiger partial charge in [-0.25, -0.2) is 16.8 Å². The first-order valence-corrected chi connectivity index (χ1v) is 12.8. The summed E-state index contributed by atoms with van der Waals surface area (Å²) in [4.78, 5) is 0.229. The van der Waals surface area contributed by atoms with Gasteiger partial charge in [-0.1, -0.05) is 18.2 Å². The van der Waals surface area contributed by atoms with Gasteiger partial charge in [-0.15, -0.1) is 0 Å². The number of sulfonamides is 2. The third kappa shape index (κ3) is 3.76. The van der Waals surface area contributed by atoms with Crippen LogP contribution < -0.4 is 0 Å². The number of fused-ring (bicyclic) bond motifs is 1. The lowest BCUT2D eigenvalue weighted by molar-refractivity contribution is 0.272. The van der Waals surface area contributed by atoms with Gasteiger partial charge in [0.2, 0.25) is 20.0 Å². The molecule has 158 valence electrons. The fourth-order valence-corrected chi connectivity index (χ4v) is 7.13. The average Bonchev–Trinajstić information content (AvgIpc) is 2.78. The fraction of sp³-hybridized carbons (Fsp3) is 0.381. The first-order chi connectivity index (χ1) is 14.3. The molecule has 1 aliphatic carbocycles. The summed E-state index contributed by atoms with van der Waals surface area (Å²) in [5, 5.41) is 9.22. The number of benzene rings is 2. The van der Waals surface area contributed by atoms with E-state index in [2.05, 4.69) is 0 Å². The monoisotopic (exact) mass is 445 g/mol. The molecule has 0 spiro atoms. The maximum atomic E-state index is 13.1. The van der Waals surface area contributed by atoms with E-state index in [1.165, 1.54) is 26.3 Å². The molecule has 0 unspecified atom stereocenters. The van der Waals surface area contributed by atoms with Crippen molar-refractivity contribution in [1.29, 1.82) is 5.26 Å². The summed E-state index contributed by atoms with van der Waals surface area (Å²) in [6.07, 6.45) is 4.07. The molecule has 2 aromatic rings. The van der Waals surface area contributed by atoms with E-state index in [1.807, 2.05) is 12.1 Å². The van der Waals surface area contributed by atoms with Crippen molar-refractivity contribution in [2.24, 2.45) is 0 Å². The van der Waals surface area contributed by atoms with Crippen LogP contribution in [0.2, 0.25) is 0 Å². The van der Waals surface area contributed by atoms with Crippen LogP contribution in [0.25, 0.3) is 0 Å². The number of hydrogen-bond donors (Lipinski definition) is 0. The lowest BCUT2D eigenvalue weighted by Crippen LogP contribution is -2.50. The third-order valence-electron chi connectivity index (χ3n) is 5.78. The van der Waals surface area contributed by atoms with Gasteiger partial charge in [0, 0.05) is 26.2 Å². The first kappa shape index (κ1) is 21.0. The Kier molecular flexibility index (Phi) is 5.68. The molecule has 0 saturated carbocycles. The second-order valence-electron chi connectivity index (χ2n) is 7.55. The molecule has 1 saturated heterocycles. The topological polar surface area (TPSA) is 98.5 Å². The van der Waals surface area contributed by atoms with Crippen LogP contribution in [0.15, 0.2) is 52.3 Å². The number of nitriles is 1. The lowest BCUT2D eigenvalue weighted by Gasteiger charge is -2.33. The Bertz CT molecular complexity index is 1210. The molecule has 0 N–H and O–H groups in total. The van der Waals surface area contributed by atoms with Gasteiger partial charge in [0.1, 0.15) is 6.07 Å². The van der Waals surface area contributed by atoms with Crippen molar-refractivity contribution in [2.45, 2.75) is 35.5 Å². The first-order valence-electron chi connectivity index (χ1n) is 9.95. The molecule has 0 atom stereocenters. The summed E-state index contributed by atoms with van der Waals surface area (Å²) in [6.45, 7) is 0.249. The molecule has 30 heavy (non-hydrogen) atoms. The van der Waals surface area contributed by atoms with Crippen LogP contribution in [0.3, 0.4) is 0 Å². The second-order valence-corrected chi connectivity index (χ2v) is 11.4. The highest BCUT2D eigenvalue weighted by Gasteiger charge is 2.35. The van der Waals surface area contributed by atoms with Gasteiger partial charge in [0.15, 0.2) is 0 Å². The molecular weight excluding hydrogens is 422 g/mol. The normalized spacial score (nSPS) is 18.5. The number of piperazine rings is 1. The minimum Gasteiger partial charge on any atom is -0.207 e. The largest absolute Gasteiger partial charge is 0.244 e. The number of hydrogen-bond acceptors (Lipinski definition) is 5. The summed E-state index contributed by atoms with van der Waals surface area (Å²) in [5.41, 5.74) is 2.39. The summed E-state index contributed by atoms with van der Waals surface area (Å²) >= 11 is 0. The number of nitrogens with zero attached hydrogens (tertiary/aromatic N) is 3. The van der Waals surface area contributed by atoms with Crippen LogP contribution in [0.1, 0.15) is 29.5 Å². The molecule has 1 heterocycles. The van der Waals surface area contributed by atoms with Crippen molar-refractivity contribution in [1.82, 2.24) is 8.61 Å². The summed E-state index contributed by atoms with van der Waals surface area (Å²) in [5.74, 6) is 0. The third-order valence-corrected chi connectivity index (χ3v) is 9.63. The zero-order valence-corrected chi connectivity index (χ0v) is 18.1. The maximum Gasteiger partial charge on any atom is 0.244 e. The molecule has 9 heteroatoms. The highest BCUT2D eigenvalue weighted by molar-refractivity contribution is 7.89. The van der Waals surface area contributed by atoms with Crippen molar-refractivity contribution in [3.05, 3.63) is 59.2 Å². The van der Waals surface area contributed by atoms with E-state index in [-0.39, 0.29) is 41.5 Å². The van der Waals surface area contributed by atoms with E-state index in [0.717, 1.165) is 31.2 Å². The summed E-state index contributed by atoms with van der Waals surface area (Å²) in [6, 6.07) is 13.3. The molecule has 4 rings (SSSR count). The Hall–Kier alpha value is -2.25. The van der Waals surface area contributed by atoms with E-state index in [4.69, 9.17) is 0 Å². The molecule has 0 amide bonds. The molecule has 2 aromatic carbocycles. The Labute approximate surface area is 177 Å². The highest BCUT2D eigenvalue weighted by atomic mass is 32.2. The standard InChI is InChI=1S/C21H23N3O4S2/c22-16-19-7-3-4-8-21(19)30(27,28)24-13-11-23(12-14-24)29(25,26)20-10-9-17-5-1-2-6-18(17)15-20/h3-4,7-10,15H,1-2,5-6,11-14H2. The van der Waals surface area contributed by atoms with Gasteiger partial charge in [-0.2, -0.15) is 13.9 Å². The molecule has 0 aromatic heterocycles. The molecule has 2 aliphatic rings. The van der Waals surface area contributed by atoms with Crippen LogP contribution in [0.5, 0.6) is 0 Å². The Balaban J connectivity index is 1.52. The quantitative estimate of drug-likeness (QED) is 0.718. The Morgan fingerprint density at radius 2 is 1.37 bits per heavy atom. The van der Waals surface area contributed by atoms with E-state index >= 15 is 0 Å². The molecule has 0 radical (unpaired) electrons. The number of rotatable bonds is 4. The van der Waals surface area contributed by atoms with Gasteiger partial charge in [-0.05, 0) is 61.1 Å². The van der Waals surface area contributed by atoms with E-state index < -0.39 is 20.0 Å². The average molecular weight is 446 g/mol. The zero-order valence-electron chi connectivity index (χ0n) is 16.5. The van der Waals surface area contributed by atoms with E-state index in [1.54, 1.807) is 24.3 Å². The second kappa shape index (κ2) is 8.12. The van der Waals surface area contributed by atoms with E-state index in [9.17, 15) is 22.1 Å². The Morgan fingerprint density at radius 1 is 0.767 bits per heavy atom. The van der Waals surface area contributed by atoms with Crippen molar-refractivity contribution >= 4 is 20.0 Å². The Morgan fingerprint density at radius 3 is 2.03 bits per heavy atom. The highest BCUT2D eigenvalue weighted by Crippen LogP contribution is 2.27. The molecule has 7 nitrogen and oxygen atoms in total. The minimum absolute atomic E-state index is 0.0431. The smallest absolute Gasteiger partial charge is 0.207 e. The van der Waals surface area contributed by atoms with Crippen LogP contribution in [-0.2, 0) is 32.9 Å². The van der Waals surface area contributed by atoms with Gasteiger partial charge in [0.25, 0.3) is 0 Å². The predicted molar refractivity (Wildman–Crippen MR) is 112 cm³/mol. The van der Waals surface area contributed by atoms with Gasteiger partial charge < -0.3 is 0 Å². The van der Waals surface area contributed by atoms with Crippen molar-refractivity contribution < 1.29 is 16.8 Å². The zero-order chi connectivity index (χ0) is 21.4. The van der Waals surface area contributed by atoms with Gasteiger partial charge >= 0.3 is 0 Å². The van der Waals surface area contributed by atoms with Crippen LogP contribution in [-0.4, -0.2) is 51.6 Å². The van der Waals surface area contributed by atoms with Crippen LogP contribution in [0, 0.1) is 11.3 Å². The van der Waals surface area contributed by atoms with Crippen LogP contribution >= 0.6 is 0 Å². The van der Waals surface area contributed by atoms with Gasteiger partial charge in [-0.3, -0.25) is 0 Å². The van der Waals surface area contributed by atoms with Gasteiger partial charge in [0.05, 0.1) is 15.4 Å². The van der Waals surface area contributed by atoms with Crippen molar-refractivity contribution in [2.75, 3.05) is 26.2 Å². The van der Waals surface area contributed by atoms with Crippen LogP contribution in [0.4, 0.5) is 0 Å². The maximum absolute atomic E-state index is 13.1. The minimum atomic E-state index is -3.86. The fourth-order valence-electron chi connectivity index (χ4n) is 4.09. The molecule has 1 fully saturated rings. The van der Waals surface area contributed by atoms with E-state index in [0.29, 0.717) is 0 Å². The summed E-state index contributed by atoms with van der Waals surface area (Å²) in [7, 11) is -7.54.